The molecule has 0 aromatic heterocycles. The minimum absolute atomic E-state index is 0.514. The summed E-state index contributed by atoms with van der Waals surface area (Å²) in [4.78, 5) is 0. The normalized spacial score (nSPS) is 14.2. The van der Waals surface area contributed by atoms with Gasteiger partial charge in [-0.2, -0.15) is 0 Å². The Morgan fingerprint density at radius 3 is 2.17 bits per heavy atom. The van der Waals surface area contributed by atoms with Crippen molar-refractivity contribution in [3.05, 3.63) is 35.9 Å². The van der Waals surface area contributed by atoms with Gasteiger partial charge in [0, 0.05) is 6.26 Å². The Morgan fingerprint density at radius 2 is 1.75 bits per heavy atom. The van der Waals surface area contributed by atoms with Crippen molar-refractivity contribution in [2.45, 2.75) is 5.37 Å². The minimum Gasteiger partial charge on any atom is -0.234 e. The highest BCUT2D eigenvalue weighted by Crippen LogP contribution is 2.16. The van der Waals surface area contributed by atoms with E-state index in [4.69, 9.17) is 5.73 Å². The smallest absolute Gasteiger partial charge is 0.168 e. The van der Waals surface area contributed by atoms with E-state index in [1.54, 1.807) is 30.3 Å². The molecule has 1 aromatic rings. The second kappa shape index (κ2) is 3.25. The summed E-state index contributed by atoms with van der Waals surface area (Å²) in [5, 5.41) is -1.15. The predicted octanol–water partition coefficient (Wildman–Crippen LogP) is 1.01. The lowest BCUT2D eigenvalue weighted by Crippen LogP contribution is -2.11. The van der Waals surface area contributed by atoms with Gasteiger partial charge in [-0.1, -0.05) is 30.3 Å². The van der Waals surface area contributed by atoms with E-state index in [2.05, 4.69) is 0 Å². The molecule has 12 heavy (non-hydrogen) atoms. The molecule has 1 radical (unpaired) electrons. The van der Waals surface area contributed by atoms with Crippen molar-refractivity contribution in [1.29, 1.82) is 0 Å². The number of nitrogens with one attached hydrogen (secondary N) is 1. The maximum Gasteiger partial charge on any atom is 0.168 e. The second-order valence-electron chi connectivity index (χ2n) is 2.62. The molecule has 0 aliphatic carbocycles. The summed E-state index contributed by atoms with van der Waals surface area (Å²) in [6.07, 6.45) is 1.07. The van der Waals surface area contributed by atoms with E-state index >= 15 is 0 Å². The predicted molar refractivity (Wildman–Crippen MR) is 47.1 cm³/mol. The minimum atomic E-state index is -3.29. The average molecular weight is 184 g/mol. The Kier molecular flexibility index (Phi) is 2.49. The number of sulfone groups is 1. The van der Waals surface area contributed by atoms with Gasteiger partial charge in [-0.3, -0.25) is 0 Å². The van der Waals surface area contributed by atoms with Crippen LogP contribution in [0.2, 0.25) is 0 Å². The van der Waals surface area contributed by atoms with Crippen LogP contribution in [-0.4, -0.2) is 14.7 Å². The molecule has 1 aromatic carbocycles. The van der Waals surface area contributed by atoms with Crippen molar-refractivity contribution in [2.75, 3.05) is 6.26 Å². The van der Waals surface area contributed by atoms with E-state index in [-0.39, 0.29) is 0 Å². The fraction of sp³-hybridized carbons (Fsp3) is 0.250. The van der Waals surface area contributed by atoms with Crippen molar-refractivity contribution in [2.24, 2.45) is 0 Å². The van der Waals surface area contributed by atoms with Gasteiger partial charge in [0.2, 0.25) is 0 Å². The largest absolute Gasteiger partial charge is 0.234 e. The van der Waals surface area contributed by atoms with Crippen LogP contribution < -0.4 is 5.73 Å². The highest BCUT2D eigenvalue weighted by molar-refractivity contribution is 7.90. The van der Waals surface area contributed by atoms with E-state index in [1.807, 2.05) is 0 Å². The van der Waals surface area contributed by atoms with Crippen LogP contribution in [0.25, 0.3) is 0 Å². The molecule has 1 unspecified atom stereocenters. The van der Waals surface area contributed by atoms with Crippen LogP contribution in [0.3, 0.4) is 0 Å². The van der Waals surface area contributed by atoms with Gasteiger partial charge in [-0.25, -0.2) is 14.2 Å². The topological polar surface area (TPSA) is 57.9 Å². The molecule has 0 saturated carbocycles. The van der Waals surface area contributed by atoms with E-state index in [1.165, 1.54) is 0 Å². The lowest BCUT2D eigenvalue weighted by molar-refractivity contribution is 0.588. The van der Waals surface area contributed by atoms with Crippen LogP contribution in [0.5, 0.6) is 0 Å². The highest BCUT2D eigenvalue weighted by atomic mass is 32.2. The zero-order chi connectivity index (χ0) is 9.19. The first-order valence-electron chi connectivity index (χ1n) is 3.47. The van der Waals surface area contributed by atoms with E-state index < -0.39 is 15.2 Å². The first-order chi connectivity index (χ1) is 5.52. The van der Waals surface area contributed by atoms with Gasteiger partial charge in [0.1, 0.15) is 5.37 Å². The van der Waals surface area contributed by atoms with Gasteiger partial charge in [0.25, 0.3) is 0 Å². The molecule has 0 bridgehead atoms. The third kappa shape index (κ3) is 2.06. The van der Waals surface area contributed by atoms with Crippen molar-refractivity contribution in [3.63, 3.8) is 0 Å². The zero-order valence-corrected chi connectivity index (χ0v) is 7.51. The van der Waals surface area contributed by atoms with Gasteiger partial charge in [0.15, 0.2) is 9.84 Å². The molecule has 0 heterocycles. The summed E-state index contributed by atoms with van der Waals surface area (Å²) in [5.41, 5.74) is 7.89. The van der Waals surface area contributed by atoms with Gasteiger partial charge in [0.05, 0.1) is 0 Å². The van der Waals surface area contributed by atoms with E-state index in [0.717, 1.165) is 6.26 Å². The molecule has 0 aliphatic rings. The molecule has 1 atom stereocenters. The zero-order valence-electron chi connectivity index (χ0n) is 6.69. The van der Waals surface area contributed by atoms with Crippen LogP contribution in [0.4, 0.5) is 0 Å². The molecular weight excluding hydrogens is 174 g/mol. The second-order valence-corrected chi connectivity index (χ2v) is 4.75. The number of benzene rings is 1. The summed E-state index contributed by atoms with van der Waals surface area (Å²) >= 11 is 0. The molecule has 4 heteroatoms. The Bertz CT molecular complexity index is 345. The molecule has 0 spiro atoms. The molecule has 0 amide bonds. The maximum absolute atomic E-state index is 10.9. The summed E-state index contributed by atoms with van der Waals surface area (Å²) in [7, 11) is -3.29. The Morgan fingerprint density at radius 1 is 1.25 bits per heavy atom. The fourth-order valence-corrected chi connectivity index (χ4v) is 1.53. The van der Waals surface area contributed by atoms with Gasteiger partial charge >= 0.3 is 0 Å². The van der Waals surface area contributed by atoms with Gasteiger partial charge in [-0.15, -0.1) is 0 Å². The van der Waals surface area contributed by atoms with E-state index in [9.17, 15) is 8.42 Å². The average Bonchev–Trinajstić information content (AvgIpc) is 2.03. The van der Waals surface area contributed by atoms with Crippen molar-refractivity contribution in [1.82, 2.24) is 5.73 Å². The first-order valence-corrected chi connectivity index (χ1v) is 5.42. The lowest BCUT2D eigenvalue weighted by atomic mass is 10.2. The third-order valence-corrected chi connectivity index (χ3v) is 2.66. The van der Waals surface area contributed by atoms with E-state index in [0.29, 0.717) is 5.56 Å². The van der Waals surface area contributed by atoms with Crippen LogP contribution in [0.15, 0.2) is 30.3 Å². The lowest BCUT2D eigenvalue weighted by Gasteiger charge is -2.07. The van der Waals surface area contributed by atoms with Crippen LogP contribution in [0, 0.1) is 0 Å². The molecule has 1 rings (SSSR count). The monoisotopic (exact) mass is 184 g/mol. The van der Waals surface area contributed by atoms with Crippen LogP contribution >= 0.6 is 0 Å². The van der Waals surface area contributed by atoms with Crippen molar-refractivity contribution < 1.29 is 8.42 Å². The molecular formula is C8H10NO2S. The Balaban J connectivity index is 3.02. The summed E-state index contributed by atoms with van der Waals surface area (Å²) in [6, 6.07) is 8.51. The summed E-state index contributed by atoms with van der Waals surface area (Å²) in [5.74, 6) is 0. The molecule has 0 aliphatic heterocycles. The third-order valence-electron chi connectivity index (χ3n) is 1.53. The molecule has 0 fully saturated rings. The Hall–Kier alpha value is -0.870. The molecule has 3 nitrogen and oxygen atoms in total. The van der Waals surface area contributed by atoms with Crippen molar-refractivity contribution >= 4 is 9.84 Å². The first kappa shape index (κ1) is 9.22. The van der Waals surface area contributed by atoms with Gasteiger partial charge in [-0.05, 0) is 5.56 Å². The van der Waals surface area contributed by atoms with Gasteiger partial charge < -0.3 is 0 Å². The standard InChI is InChI=1S/C8H10NO2S/c1-12(10,11)8(9)7-5-3-2-4-6-7/h2-6,8-9H,1H3. The quantitative estimate of drug-likeness (QED) is 0.688. The number of hydrogen-bond acceptors (Lipinski definition) is 2. The number of hydrogen-bond donors (Lipinski definition) is 0. The van der Waals surface area contributed by atoms with Crippen molar-refractivity contribution in [3.8, 4) is 0 Å². The molecule has 65 valence electrons. The summed E-state index contributed by atoms with van der Waals surface area (Å²) in [6.45, 7) is 0. The maximum atomic E-state index is 10.9. The van der Waals surface area contributed by atoms with Crippen LogP contribution in [-0.2, 0) is 9.84 Å². The Labute approximate surface area is 72.1 Å². The SMILES string of the molecule is CS(=O)(=O)C([NH])c1ccccc1. The molecule has 1 N–H and O–H groups in total. The molecule has 0 saturated heterocycles. The van der Waals surface area contributed by atoms with Crippen LogP contribution in [0.1, 0.15) is 10.9 Å². The number of rotatable bonds is 2. The highest BCUT2D eigenvalue weighted by Gasteiger charge is 2.17. The summed E-state index contributed by atoms with van der Waals surface area (Å²) < 4.78 is 21.9. The fourth-order valence-electron chi connectivity index (χ4n) is 0.875.